The summed E-state index contributed by atoms with van der Waals surface area (Å²) in [6.45, 7) is 0.707. The molecule has 6 nitrogen and oxygen atoms in total. The molecule has 0 aliphatic heterocycles. The number of hydrogen-bond acceptors (Lipinski definition) is 3. The van der Waals surface area contributed by atoms with E-state index in [0.717, 1.165) is 5.56 Å². The van der Waals surface area contributed by atoms with Gasteiger partial charge in [0.15, 0.2) is 0 Å². The maximum Gasteiger partial charge on any atom is 0.227 e. The van der Waals surface area contributed by atoms with E-state index in [1.165, 1.54) is 6.33 Å². The summed E-state index contributed by atoms with van der Waals surface area (Å²) < 4.78 is 2.06. The molecule has 0 saturated carbocycles. The molecular formula is C16H16ClN5O. The van der Waals surface area contributed by atoms with Crippen molar-refractivity contribution in [3.8, 4) is 0 Å². The Hall–Kier alpha value is -2.60. The highest BCUT2D eigenvalue weighted by Gasteiger charge is 2.17. The fraction of sp³-hybridized carbons (Fsp3) is 0.188. The van der Waals surface area contributed by atoms with E-state index < -0.39 is 0 Å². The first-order valence-corrected chi connectivity index (χ1v) is 7.60. The van der Waals surface area contributed by atoms with Gasteiger partial charge in [-0.05, 0) is 29.8 Å². The molecule has 0 aliphatic carbocycles. The van der Waals surface area contributed by atoms with E-state index in [9.17, 15) is 4.79 Å². The van der Waals surface area contributed by atoms with Crippen LogP contribution in [-0.4, -0.2) is 25.7 Å². The van der Waals surface area contributed by atoms with Crippen molar-refractivity contribution < 1.29 is 4.79 Å². The Balaban J connectivity index is 1.74. The lowest BCUT2D eigenvalue weighted by Crippen LogP contribution is -2.19. The van der Waals surface area contributed by atoms with Crippen LogP contribution in [0.4, 0.5) is 5.95 Å². The summed E-state index contributed by atoms with van der Waals surface area (Å²) in [6.07, 6.45) is 5.65. The Bertz CT molecular complexity index is 737. The molecular weight excluding hydrogens is 314 g/mol. The first-order valence-electron chi connectivity index (χ1n) is 7.22. The number of anilines is 1. The fourth-order valence-electron chi connectivity index (χ4n) is 2.44. The lowest BCUT2D eigenvalue weighted by Gasteiger charge is -2.18. The molecule has 2 N–H and O–H groups in total. The number of H-pyrrole nitrogens is 1. The Labute approximate surface area is 138 Å². The number of halogens is 1. The zero-order valence-corrected chi connectivity index (χ0v) is 13.1. The summed E-state index contributed by atoms with van der Waals surface area (Å²) in [6, 6.07) is 11.5. The minimum absolute atomic E-state index is 0.0302. The first-order chi connectivity index (χ1) is 11.2. The summed E-state index contributed by atoms with van der Waals surface area (Å²) in [4.78, 5) is 16.2. The van der Waals surface area contributed by atoms with Gasteiger partial charge in [-0.3, -0.25) is 10.1 Å². The van der Waals surface area contributed by atoms with Gasteiger partial charge in [-0.1, -0.05) is 23.7 Å². The van der Waals surface area contributed by atoms with Gasteiger partial charge in [-0.15, -0.1) is 0 Å². The second-order valence-electron chi connectivity index (χ2n) is 5.21. The minimum Gasteiger partial charge on any atom is -0.354 e. The second-order valence-corrected chi connectivity index (χ2v) is 5.65. The highest BCUT2D eigenvalue weighted by molar-refractivity contribution is 6.30. The van der Waals surface area contributed by atoms with E-state index in [0.29, 0.717) is 23.9 Å². The largest absolute Gasteiger partial charge is 0.354 e. The van der Waals surface area contributed by atoms with Crippen molar-refractivity contribution in [3.05, 3.63) is 65.7 Å². The van der Waals surface area contributed by atoms with Crippen molar-refractivity contribution in [2.24, 2.45) is 0 Å². The third kappa shape index (κ3) is 4.20. The molecule has 118 valence electrons. The molecule has 0 saturated heterocycles. The van der Waals surface area contributed by atoms with Gasteiger partial charge in [0.1, 0.15) is 6.33 Å². The van der Waals surface area contributed by atoms with Crippen LogP contribution < -0.4 is 5.32 Å². The van der Waals surface area contributed by atoms with Crippen molar-refractivity contribution >= 4 is 23.5 Å². The molecule has 0 bridgehead atoms. The smallest absolute Gasteiger partial charge is 0.227 e. The molecule has 0 spiro atoms. The van der Waals surface area contributed by atoms with Gasteiger partial charge in [0, 0.05) is 36.3 Å². The standard InChI is InChI=1S/C16H16ClN5O/c17-14-5-3-12(4-6-14)13(10-22-7-1-2-8-22)9-15(23)20-16-18-11-19-21-16/h1-8,11,13H,9-10H2,(H2,18,19,20,21,23). The number of aromatic amines is 1. The predicted molar refractivity (Wildman–Crippen MR) is 88.3 cm³/mol. The maximum absolute atomic E-state index is 12.3. The van der Waals surface area contributed by atoms with Crippen LogP contribution in [-0.2, 0) is 11.3 Å². The Morgan fingerprint density at radius 2 is 2.00 bits per heavy atom. The highest BCUT2D eigenvalue weighted by atomic mass is 35.5. The van der Waals surface area contributed by atoms with Crippen LogP contribution in [0.15, 0.2) is 55.1 Å². The summed E-state index contributed by atoms with van der Waals surface area (Å²) in [5, 5.41) is 9.72. The molecule has 0 fully saturated rings. The molecule has 1 unspecified atom stereocenters. The molecule has 3 aromatic rings. The van der Waals surface area contributed by atoms with E-state index in [4.69, 9.17) is 11.6 Å². The van der Waals surface area contributed by atoms with Crippen molar-refractivity contribution in [2.75, 3.05) is 5.32 Å². The number of hydrogen-bond donors (Lipinski definition) is 2. The van der Waals surface area contributed by atoms with Crippen LogP contribution in [0.2, 0.25) is 5.02 Å². The Morgan fingerprint density at radius 1 is 1.26 bits per heavy atom. The summed E-state index contributed by atoms with van der Waals surface area (Å²) >= 11 is 5.96. The number of nitrogens with zero attached hydrogens (tertiary/aromatic N) is 3. The molecule has 1 amide bonds. The first kappa shape index (κ1) is 15.3. The van der Waals surface area contributed by atoms with Gasteiger partial charge < -0.3 is 4.57 Å². The lowest BCUT2D eigenvalue weighted by atomic mass is 9.95. The number of amides is 1. The van der Waals surface area contributed by atoms with Crippen LogP contribution >= 0.6 is 11.6 Å². The molecule has 7 heteroatoms. The number of nitrogens with one attached hydrogen (secondary N) is 2. The van der Waals surface area contributed by atoms with Crippen molar-refractivity contribution in [1.29, 1.82) is 0 Å². The fourth-order valence-corrected chi connectivity index (χ4v) is 2.57. The summed E-state index contributed by atoms with van der Waals surface area (Å²) in [7, 11) is 0. The normalized spacial score (nSPS) is 12.0. The van der Waals surface area contributed by atoms with Gasteiger partial charge in [0.25, 0.3) is 0 Å². The third-order valence-corrected chi connectivity index (χ3v) is 3.80. The topological polar surface area (TPSA) is 75.6 Å². The van der Waals surface area contributed by atoms with Gasteiger partial charge in [0.2, 0.25) is 11.9 Å². The number of aromatic nitrogens is 4. The van der Waals surface area contributed by atoms with E-state index in [2.05, 4.69) is 25.1 Å². The number of carbonyl (C=O) groups is 1. The predicted octanol–water partition coefficient (Wildman–Crippen LogP) is 3.07. The molecule has 3 rings (SSSR count). The SMILES string of the molecule is O=C(CC(Cn1cccc1)c1ccc(Cl)cc1)Nc1ncn[nH]1. The van der Waals surface area contributed by atoms with Gasteiger partial charge >= 0.3 is 0 Å². The average molecular weight is 330 g/mol. The Kier molecular flexibility index (Phi) is 4.73. The van der Waals surface area contributed by atoms with Gasteiger partial charge in [0.05, 0.1) is 0 Å². The quantitative estimate of drug-likeness (QED) is 0.729. The van der Waals surface area contributed by atoms with E-state index >= 15 is 0 Å². The maximum atomic E-state index is 12.3. The van der Waals surface area contributed by atoms with Crippen LogP contribution in [0.3, 0.4) is 0 Å². The lowest BCUT2D eigenvalue weighted by molar-refractivity contribution is -0.116. The third-order valence-electron chi connectivity index (χ3n) is 3.54. The highest BCUT2D eigenvalue weighted by Crippen LogP contribution is 2.24. The molecule has 2 aromatic heterocycles. The van der Waals surface area contributed by atoms with Gasteiger partial charge in [-0.25, -0.2) is 5.10 Å². The molecule has 23 heavy (non-hydrogen) atoms. The molecule has 2 heterocycles. The number of carbonyl (C=O) groups excluding carboxylic acids is 1. The number of benzene rings is 1. The number of rotatable bonds is 6. The van der Waals surface area contributed by atoms with Crippen LogP contribution in [0.25, 0.3) is 0 Å². The van der Waals surface area contributed by atoms with Crippen molar-refractivity contribution in [1.82, 2.24) is 19.7 Å². The van der Waals surface area contributed by atoms with Crippen molar-refractivity contribution in [2.45, 2.75) is 18.9 Å². The van der Waals surface area contributed by atoms with E-state index in [1.807, 2.05) is 48.8 Å². The molecule has 1 aromatic carbocycles. The molecule has 1 atom stereocenters. The van der Waals surface area contributed by atoms with Crippen LogP contribution in [0.5, 0.6) is 0 Å². The Morgan fingerprint density at radius 3 is 2.65 bits per heavy atom. The monoisotopic (exact) mass is 329 g/mol. The van der Waals surface area contributed by atoms with E-state index in [1.54, 1.807) is 0 Å². The molecule has 0 radical (unpaired) electrons. The molecule has 0 aliphatic rings. The minimum atomic E-state index is -0.117. The van der Waals surface area contributed by atoms with E-state index in [-0.39, 0.29) is 11.8 Å². The zero-order chi connectivity index (χ0) is 16.1. The summed E-state index contributed by atoms with van der Waals surface area (Å²) in [5.74, 6) is 0.266. The summed E-state index contributed by atoms with van der Waals surface area (Å²) in [5.41, 5.74) is 1.07. The zero-order valence-electron chi connectivity index (χ0n) is 12.3. The van der Waals surface area contributed by atoms with Gasteiger partial charge in [-0.2, -0.15) is 10.1 Å². The van der Waals surface area contributed by atoms with Crippen LogP contribution in [0, 0.1) is 0 Å². The average Bonchev–Trinajstić information content (AvgIpc) is 3.21. The van der Waals surface area contributed by atoms with Crippen molar-refractivity contribution in [3.63, 3.8) is 0 Å². The van der Waals surface area contributed by atoms with Crippen LogP contribution in [0.1, 0.15) is 17.9 Å². The second kappa shape index (κ2) is 7.11.